The maximum Gasteiger partial charge on any atom is 0.419 e. The van der Waals surface area contributed by atoms with Crippen molar-refractivity contribution in [1.29, 1.82) is 0 Å². The molecular weight excluding hydrogens is 255 g/mol. The highest BCUT2D eigenvalue weighted by molar-refractivity contribution is 5.48. The van der Waals surface area contributed by atoms with Gasteiger partial charge in [0.2, 0.25) is 0 Å². The van der Waals surface area contributed by atoms with Crippen molar-refractivity contribution in [2.45, 2.75) is 26.9 Å². The molecule has 108 valence electrons. The molecule has 0 aliphatic carbocycles. The van der Waals surface area contributed by atoms with Crippen LogP contribution >= 0.6 is 0 Å². The molecular formula is C13H20F3N3. The van der Waals surface area contributed by atoms with E-state index in [1.807, 2.05) is 13.8 Å². The lowest BCUT2D eigenvalue weighted by Crippen LogP contribution is -2.40. The molecule has 0 saturated heterocycles. The maximum atomic E-state index is 13.0. The lowest BCUT2D eigenvalue weighted by atomic mass is 9.93. The largest absolute Gasteiger partial charge is 0.419 e. The van der Waals surface area contributed by atoms with E-state index in [-0.39, 0.29) is 11.2 Å². The van der Waals surface area contributed by atoms with E-state index in [4.69, 9.17) is 5.73 Å². The van der Waals surface area contributed by atoms with Gasteiger partial charge in [-0.05, 0) is 31.0 Å². The van der Waals surface area contributed by atoms with Crippen molar-refractivity contribution in [2.75, 3.05) is 24.5 Å². The number of hydrogen-bond acceptors (Lipinski definition) is 3. The summed E-state index contributed by atoms with van der Waals surface area (Å²) in [6.07, 6.45) is -3.02. The number of anilines is 1. The number of hydrogen-bond donors (Lipinski definition) is 1. The van der Waals surface area contributed by atoms with E-state index >= 15 is 0 Å². The third kappa shape index (κ3) is 4.09. The first-order valence-corrected chi connectivity index (χ1v) is 6.18. The molecule has 0 fully saturated rings. The van der Waals surface area contributed by atoms with Gasteiger partial charge in [0.05, 0.1) is 5.56 Å². The van der Waals surface area contributed by atoms with Gasteiger partial charge >= 0.3 is 6.18 Å². The fourth-order valence-corrected chi connectivity index (χ4v) is 1.79. The van der Waals surface area contributed by atoms with Crippen molar-refractivity contribution >= 4 is 5.82 Å². The Morgan fingerprint density at radius 1 is 1.32 bits per heavy atom. The normalized spacial score (nSPS) is 12.6. The van der Waals surface area contributed by atoms with Crippen molar-refractivity contribution in [3.63, 3.8) is 0 Å². The van der Waals surface area contributed by atoms with Gasteiger partial charge in [-0.1, -0.05) is 13.8 Å². The van der Waals surface area contributed by atoms with E-state index < -0.39 is 11.7 Å². The summed E-state index contributed by atoms with van der Waals surface area (Å²) in [5, 5.41) is 0. The molecule has 1 aromatic rings. The van der Waals surface area contributed by atoms with Crippen molar-refractivity contribution < 1.29 is 13.2 Å². The summed E-state index contributed by atoms with van der Waals surface area (Å²) >= 11 is 0. The number of nitrogens with two attached hydrogens (primary N) is 1. The SMILES string of the molecule is CCN(CC(C)(C)CN)c1ncccc1C(F)(F)F. The lowest BCUT2D eigenvalue weighted by Gasteiger charge is -2.33. The van der Waals surface area contributed by atoms with E-state index in [0.717, 1.165) is 6.07 Å². The molecule has 0 unspecified atom stereocenters. The molecule has 0 radical (unpaired) electrons. The van der Waals surface area contributed by atoms with Crippen molar-refractivity contribution in [2.24, 2.45) is 11.1 Å². The van der Waals surface area contributed by atoms with Gasteiger partial charge in [-0.3, -0.25) is 0 Å². The van der Waals surface area contributed by atoms with Crippen LogP contribution < -0.4 is 10.6 Å². The Morgan fingerprint density at radius 2 is 1.95 bits per heavy atom. The predicted molar refractivity (Wildman–Crippen MR) is 70.0 cm³/mol. The molecule has 1 aromatic heterocycles. The van der Waals surface area contributed by atoms with Crippen LogP contribution in [0.4, 0.5) is 19.0 Å². The molecule has 2 N–H and O–H groups in total. The van der Waals surface area contributed by atoms with Gasteiger partial charge in [0.1, 0.15) is 5.82 Å². The zero-order valence-corrected chi connectivity index (χ0v) is 11.5. The van der Waals surface area contributed by atoms with Gasteiger partial charge in [0, 0.05) is 19.3 Å². The summed E-state index contributed by atoms with van der Waals surface area (Å²) in [6.45, 7) is 6.93. The summed E-state index contributed by atoms with van der Waals surface area (Å²) < 4.78 is 38.9. The van der Waals surface area contributed by atoms with Gasteiger partial charge in [-0.2, -0.15) is 13.2 Å². The molecule has 6 heteroatoms. The monoisotopic (exact) mass is 275 g/mol. The fourth-order valence-electron chi connectivity index (χ4n) is 1.79. The van der Waals surface area contributed by atoms with Gasteiger partial charge in [-0.15, -0.1) is 0 Å². The molecule has 3 nitrogen and oxygen atoms in total. The van der Waals surface area contributed by atoms with E-state index in [9.17, 15) is 13.2 Å². The van der Waals surface area contributed by atoms with Crippen LogP contribution in [0.3, 0.4) is 0 Å². The summed E-state index contributed by atoms with van der Waals surface area (Å²) in [7, 11) is 0. The Morgan fingerprint density at radius 3 is 2.42 bits per heavy atom. The predicted octanol–water partition coefficient (Wildman–Crippen LogP) is 2.91. The summed E-state index contributed by atoms with van der Waals surface area (Å²) in [6, 6.07) is 2.36. The molecule has 1 heterocycles. The molecule has 19 heavy (non-hydrogen) atoms. The van der Waals surface area contributed by atoms with Crippen LogP contribution in [0.1, 0.15) is 26.3 Å². The quantitative estimate of drug-likeness (QED) is 0.898. The highest BCUT2D eigenvalue weighted by Gasteiger charge is 2.36. The van der Waals surface area contributed by atoms with Crippen molar-refractivity contribution in [1.82, 2.24) is 4.98 Å². The summed E-state index contributed by atoms with van der Waals surface area (Å²) in [5.74, 6) is -0.0287. The molecule has 0 saturated carbocycles. The first kappa shape index (κ1) is 15.8. The zero-order chi connectivity index (χ0) is 14.7. The van der Waals surface area contributed by atoms with Gasteiger partial charge < -0.3 is 10.6 Å². The number of pyridine rings is 1. The van der Waals surface area contributed by atoms with E-state index in [1.54, 1.807) is 11.8 Å². The fraction of sp³-hybridized carbons (Fsp3) is 0.615. The van der Waals surface area contributed by atoms with Crippen LogP contribution in [-0.4, -0.2) is 24.6 Å². The molecule has 0 amide bonds. The number of halogens is 3. The van der Waals surface area contributed by atoms with E-state index in [0.29, 0.717) is 19.6 Å². The van der Waals surface area contributed by atoms with Crippen LogP contribution in [0.2, 0.25) is 0 Å². The van der Waals surface area contributed by atoms with Crippen molar-refractivity contribution in [3.8, 4) is 0 Å². The van der Waals surface area contributed by atoms with Crippen molar-refractivity contribution in [3.05, 3.63) is 23.9 Å². The molecule has 0 aliphatic rings. The minimum atomic E-state index is -4.40. The minimum Gasteiger partial charge on any atom is -0.356 e. The Bertz CT molecular complexity index is 416. The lowest BCUT2D eigenvalue weighted by molar-refractivity contribution is -0.137. The second-order valence-electron chi connectivity index (χ2n) is 5.25. The molecule has 0 aromatic carbocycles. The number of rotatable bonds is 5. The standard InChI is InChI=1S/C13H20F3N3/c1-4-19(9-12(2,3)8-17)11-10(13(14,15)16)6-5-7-18-11/h5-7H,4,8-9,17H2,1-3H3. The third-order valence-corrected chi connectivity index (χ3v) is 2.94. The van der Waals surface area contributed by atoms with Crippen LogP contribution in [0.5, 0.6) is 0 Å². The van der Waals surface area contributed by atoms with E-state index in [2.05, 4.69) is 4.98 Å². The number of aromatic nitrogens is 1. The number of nitrogens with zero attached hydrogens (tertiary/aromatic N) is 2. The highest BCUT2D eigenvalue weighted by atomic mass is 19.4. The second kappa shape index (κ2) is 5.77. The van der Waals surface area contributed by atoms with Crippen LogP contribution in [-0.2, 0) is 6.18 Å². The molecule has 1 rings (SSSR count). The average molecular weight is 275 g/mol. The minimum absolute atomic E-state index is 0.0287. The Labute approximate surface area is 111 Å². The molecule has 0 spiro atoms. The van der Waals surface area contributed by atoms with E-state index in [1.165, 1.54) is 12.3 Å². The molecule has 0 bridgehead atoms. The second-order valence-corrected chi connectivity index (χ2v) is 5.25. The summed E-state index contributed by atoms with van der Waals surface area (Å²) in [5.41, 5.74) is 4.67. The van der Waals surface area contributed by atoms with Crippen LogP contribution in [0.25, 0.3) is 0 Å². The Kier molecular flexibility index (Phi) is 4.79. The van der Waals surface area contributed by atoms with Crippen LogP contribution in [0, 0.1) is 5.41 Å². The zero-order valence-electron chi connectivity index (χ0n) is 11.5. The van der Waals surface area contributed by atoms with Gasteiger partial charge in [-0.25, -0.2) is 4.98 Å². The third-order valence-electron chi connectivity index (χ3n) is 2.94. The Balaban J connectivity index is 3.12. The smallest absolute Gasteiger partial charge is 0.356 e. The first-order valence-electron chi connectivity index (χ1n) is 6.18. The molecule has 0 atom stereocenters. The molecule has 0 aliphatic heterocycles. The van der Waals surface area contributed by atoms with Gasteiger partial charge in [0.15, 0.2) is 0 Å². The summed E-state index contributed by atoms with van der Waals surface area (Å²) in [4.78, 5) is 5.52. The van der Waals surface area contributed by atoms with Gasteiger partial charge in [0.25, 0.3) is 0 Å². The maximum absolute atomic E-state index is 13.0. The number of alkyl halides is 3. The first-order chi connectivity index (χ1) is 8.71. The van der Waals surface area contributed by atoms with Crippen LogP contribution in [0.15, 0.2) is 18.3 Å². The Hall–Kier alpha value is -1.30. The topological polar surface area (TPSA) is 42.1 Å². The highest BCUT2D eigenvalue weighted by Crippen LogP contribution is 2.35. The average Bonchev–Trinajstić information content (AvgIpc) is 2.35.